The molecule has 0 saturated carbocycles. The van der Waals surface area contributed by atoms with Crippen molar-refractivity contribution in [3.8, 4) is 0 Å². The minimum Gasteiger partial charge on any atom is -0.332 e. The molecule has 0 amide bonds. The van der Waals surface area contributed by atoms with E-state index in [2.05, 4.69) is 40.4 Å². The van der Waals surface area contributed by atoms with Gasteiger partial charge in [-0.25, -0.2) is 8.78 Å². The second-order valence-corrected chi connectivity index (χ2v) is 6.52. The third-order valence-electron chi connectivity index (χ3n) is 3.60. The molecule has 0 aliphatic heterocycles. The molecule has 0 radical (unpaired) electrons. The number of anilines is 2. The fourth-order valence-electron chi connectivity index (χ4n) is 2.07. The Morgan fingerprint density at radius 1 is 1.17 bits per heavy atom. The van der Waals surface area contributed by atoms with Crippen molar-refractivity contribution in [3.63, 3.8) is 0 Å². The summed E-state index contributed by atoms with van der Waals surface area (Å²) in [6.07, 6.45) is 1.07. The number of halogens is 3. The quantitative estimate of drug-likeness (QED) is 0.612. The molecule has 0 bridgehead atoms. The molecule has 0 aliphatic carbocycles. The maximum atomic E-state index is 13.8. The molecule has 0 spiro atoms. The Bertz CT molecular complexity index is 681. The van der Waals surface area contributed by atoms with Crippen LogP contribution >= 0.6 is 28.1 Å². The molecule has 2 rings (SSSR count). The average Bonchev–Trinajstić information content (AvgIpc) is 2.51. The average molecular weight is 399 g/mol. The summed E-state index contributed by atoms with van der Waals surface area (Å²) in [6.45, 7) is 4.31. The van der Waals surface area contributed by atoms with Gasteiger partial charge in [-0.15, -0.1) is 0 Å². The molecule has 2 aromatic rings. The van der Waals surface area contributed by atoms with Gasteiger partial charge in [0.05, 0.1) is 5.69 Å². The predicted octanol–water partition coefficient (Wildman–Crippen LogP) is 6.05. The molecule has 122 valence electrons. The molecule has 2 N–H and O–H groups in total. The van der Waals surface area contributed by atoms with Crippen molar-refractivity contribution >= 4 is 44.6 Å². The highest BCUT2D eigenvalue weighted by molar-refractivity contribution is 9.10. The first-order valence-corrected chi connectivity index (χ1v) is 8.43. The normalized spacial score (nSPS) is 11.9. The zero-order valence-corrected chi connectivity index (χ0v) is 15.2. The van der Waals surface area contributed by atoms with E-state index in [0.29, 0.717) is 5.92 Å². The lowest BCUT2D eigenvalue weighted by Gasteiger charge is -2.14. The van der Waals surface area contributed by atoms with E-state index in [1.807, 2.05) is 24.3 Å². The van der Waals surface area contributed by atoms with E-state index in [4.69, 9.17) is 12.2 Å². The lowest BCUT2D eigenvalue weighted by molar-refractivity contribution is 0.585. The van der Waals surface area contributed by atoms with E-state index in [1.54, 1.807) is 0 Å². The fourth-order valence-corrected chi connectivity index (χ4v) is 2.80. The van der Waals surface area contributed by atoms with Gasteiger partial charge in [0.1, 0.15) is 5.82 Å². The van der Waals surface area contributed by atoms with Gasteiger partial charge in [-0.3, -0.25) is 0 Å². The van der Waals surface area contributed by atoms with Gasteiger partial charge in [0.2, 0.25) is 0 Å². The molecule has 1 unspecified atom stereocenters. The van der Waals surface area contributed by atoms with Crippen LogP contribution in [0.4, 0.5) is 20.2 Å². The number of hydrogen-bond donors (Lipinski definition) is 2. The molecule has 2 nitrogen and oxygen atoms in total. The molecule has 0 saturated heterocycles. The van der Waals surface area contributed by atoms with E-state index in [1.165, 1.54) is 11.6 Å². The lowest BCUT2D eigenvalue weighted by atomic mass is 9.99. The first kappa shape index (κ1) is 17.8. The van der Waals surface area contributed by atoms with Crippen molar-refractivity contribution in [2.75, 3.05) is 10.6 Å². The van der Waals surface area contributed by atoms with Crippen LogP contribution in [0.2, 0.25) is 0 Å². The summed E-state index contributed by atoms with van der Waals surface area (Å²) in [7, 11) is 0. The molecular weight excluding hydrogens is 382 g/mol. The highest BCUT2D eigenvalue weighted by Gasteiger charge is 2.11. The Balaban J connectivity index is 2.05. The summed E-state index contributed by atoms with van der Waals surface area (Å²) in [5.74, 6) is -0.869. The van der Waals surface area contributed by atoms with E-state index in [9.17, 15) is 8.78 Å². The second kappa shape index (κ2) is 7.84. The van der Waals surface area contributed by atoms with Gasteiger partial charge in [-0.2, -0.15) is 0 Å². The molecule has 0 aromatic heterocycles. The van der Waals surface area contributed by atoms with Gasteiger partial charge in [-0.05, 0) is 64.2 Å². The van der Waals surface area contributed by atoms with Gasteiger partial charge in [0.25, 0.3) is 0 Å². The van der Waals surface area contributed by atoms with Crippen molar-refractivity contribution in [3.05, 3.63) is 58.1 Å². The minimum absolute atomic E-state index is 0.0973. The third-order valence-corrected chi connectivity index (χ3v) is 4.42. The van der Waals surface area contributed by atoms with Crippen LogP contribution in [-0.2, 0) is 0 Å². The standard InChI is InChI=1S/C17H17BrF2N2S/c1-3-10(2)11-4-6-13(7-5-11)21-17(23)22-16-14(18)8-12(19)9-15(16)20/h4-10H,3H2,1-2H3,(H2,21,22,23). The molecule has 1 atom stereocenters. The number of hydrogen-bond acceptors (Lipinski definition) is 1. The van der Waals surface area contributed by atoms with E-state index in [-0.39, 0.29) is 15.3 Å². The largest absolute Gasteiger partial charge is 0.332 e. The SMILES string of the molecule is CCC(C)c1ccc(NC(=S)Nc2c(F)cc(F)cc2Br)cc1. The number of benzene rings is 2. The predicted molar refractivity (Wildman–Crippen MR) is 99.0 cm³/mol. The topological polar surface area (TPSA) is 24.1 Å². The molecule has 0 aliphatic rings. The molecule has 23 heavy (non-hydrogen) atoms. The van der Waals surface area contributed by atoms with E-state index >= 15 is 0 Å². The van der Waals surface area contributed by atoms with Crippen LogP contribution < -0.4 is 10.6 Å². The van der Waals surface area contributed by atoms with E-state index in [0.717, 1.165) is 18.2 Å². The smallest absolute Gasteiger partial charge is 0.175 e. The molecule has 0 heterocycles. The molecule has 0 fully saturated rings. The summed E-state index contributed by atoms with van der Waals surface area (Å²) in [4.78, 5) is 0. The summed E-state index contributed by atoms with van der Waals surface area (Å²) in [5, 5.41) is 5.95. The zero-order valence-electron chi connectivity index (χ0n) is 12.8. The molecular formula is C17H17BrF2N2S. The Labute approximate surface area is 148 Å². The highest BCUT2D eigenvalue weighted by atomic mass is 79.9. The summed E-state index contributed by atoms with van der Waals surface area (Å²) < 4.78 is 27.1. The van der Waals surface area contributed by atoms with Crippen LogP contribution in [0.15, 0.2) is 40.9 Å². The van der Waals surface area contributed by atoms with Crippen LogP contribution in [-0.4, -0.2) is 5.11 Å². The number of nitrogens with one attached hydrogen (secondary N) is 2. The Kier molecular flexibility index (Phi) is 6.07. The van der Waals surface area contributed by atoms with Crippen LogP contribution in [0.5, 0.6) is 0 Å². The summed E-state index contributed by atoms with van der Waals surface area (Å²) in [6, 6.07) is 9.89. The van der Waals surface area contributed by atoms with Crippen molar-refractivity contribution in [2.24, 2.45) is 0 Å². The van der Waals surface area contributed by atoms with Crippen molar-refractivity contribution < 1.29 is 8.78 Å². The maximum absolute atomic E-state index is 13.8. The highest BCUT2D eigenvalue weighted by Crippen LogP contribution is 2.27. The van der Waals surface area contributed by atoms with Gasteiger partial charge in [0.15, 0.2) is 10.9 Å². The first-order chi connectivity index (χ1) is 10.9. The van der Waals surface area contributed by atoms with Gasteiger partial charge in [0, 0.05) is 16.2 Å². The number of thiocarbonyl (C=S) groups is 1. The van der Waals surface area contributed by atoms with E-state index < -0.39 is 11.6 Å². The second-order valence-electron chi connectivity index (χ2n) is 5.25. The van der Waals surface area contributed by atoms with Gasteiger partial charge >= 0.3 is 0 Å². The van der Waals surface area contributed by atoms with Crippen LogP contribution in [0.1, 0.15) is 31.7 Å². The minimum atomic E-state index is -0.715. The monoisotopic (exact) mass is 398 g/mol. The molecule has 6 heteroatoms. The Morgan fingerprint density at radius 3 is 2.39 bits per heavy atom. The van der Waals surface area contributed by atoms with Crippen molar-refractivity contribution in [1.29, 1.82) is 0 Å². The van der Waals surface area contributed by atoms with Crippen LogP contribution in [0.3, 0.4) is 0 Å². The van der Waals surface area contributed by atoms with Crippen LogP contribution in [0.25, 0.3) is 0 Å². The number of rotatable bonds is 4. The molecule has 2 aromatic carbocycles. The third kappa shape index (κ3) is 4.72. The maximum Gasteiger partial charge on any atom is 0.175 e. The Hall–Kier alpha value is -1.53. The van der Waals surface area contributed by atoms with Crippen LogP contribution in [0, 0.1) is 11.6 Å². The Morgan fingerprint density at radius 2 is 1.83 bits per heavy atom. The summed E-state index contributed by atoms with van der Waals surface area (Å²) in [5.41, 5.74) is 2.15. The van der Waals surface area contributed by atoms with Crippen molar-refractivity contribution in [2.45, 2.75) is 26.2 Å². The zero-order chi connectivity index (χ0) is 17.0. The van der Waals surface area contributed by atoms with Crippen molar-refractivity contribution in [1.82, 2.24) is 0 Å². The first-order valence-electron chi connectivity index (χ1n) is 7.23. The summed E-state index contributed by atoms with van der Waals surface area (Å²) >= 11 is 8.29. The lowest BCUT2D eigenvalue weighted by Crippen LogP contribution is -2.20. The van der Waals surface area contributed by atoms with Gasteiger partial charge in [-0.1, -0.05) is 26.0 Å². The fraction of sp³-hybridized carbons (Fsp3) is 0.235. The van der Waals surface area contributed by atoms with Gasteiger partial charge < -0.3 is 10.6 Å².